The van der Waals surface area contributed by atoms with Crippen LogP contribution >= 0.6 is 11.3 Å². The number of ether oxygens (including phenoxy) is 1. The van der Waals surface area contributed by atoms with E-state index in [2.05, 4.69) is 39.5 Å². The predicted molar refractivity (Wildman–Crippen MR) is 124 cm³/mol. The van der Waals surface area contributed by atoms with Crippen molar-refractivity contribution in [1.82, 2.24) is 9.88 Å². The number of nitrogens with one attached hydrogen (secondary N) is 1. The summed E-state index contributed by atoms with van der Waals surface area (Å²) in [4.78, 5) is 30.1. The second-order valence-electron chi connectivity index (χ2n) is 7.72. The van der Waals surface area contributed by atoms with Gasteiger partial charge >= 0.3 is 5.97 Å². The molecule has 0 spiro atoms. The largest absolute Gasteiger partial charge is 0.481 e. The molecule has 2 N–H and O–H groups in total. The van der Waals surface area contributed by atoms with Crippen LogP contribution in [0.5, 0.6) is 0 Å². The van der Waals surface area contributed by atoms with Crippen LogP contribution in [0.4, 0.5) is 5.69 Å². The summed E-state index contributed by atoms with van der Waals surface area (Å²) in [5.74, 6) is -1.04. The summed E-state index contributed by atoms with van der Waals surface area (Å²) in [7, 11) is 0. The summed E-state index contributed by atoms with van der Waals surface area (Å²) in [5.41, 5.74) is 4.36. The summed E-state index contributed by atoms with van der Waals surface area (Å²) >= 11 is 1.53. The fourth-order valence-corrected chi connectivity index (χ4v) is 4.37. The Morgan fingerprint density at radius 1 is 1.00 bits per heavy atom. The number of carboxylic acids is 1. The van der Waals surface area contributed by atoms with Gasteiger partial charge in [0.1, 0.15) is 5.01 Å². The fourth-order valence-electron chi connectivity index (χ4n) is 3.54. The Morgan fingerprint density at radius 3 is 2.38 bits per heavy atom. The number of thiazole rings is 1. The van der Waals surface area contributed by atoms with Gasteiger partial charge in [0.15, 0.2) is 0 Å². The molecule has 1 aromatic heterocycles. The molecule has 3 aromatic rings. The summed E-state index contributed by atoms with van der Waals surface area (Å²) in [6.45, 7) is 4.44. The molecule has 4 rings (SSSR count). The lowest BCUT2D eigenvalue weighted by atomic mass is 10.1. The number of benzene rings is 2. The van der Waals surface area contributed by atoms with Crippen LogP contribution in [0, 0.1) is 0 Å². The summed E-state index contributed by atoms with van der Waals surface area (Å²) in [5, 5.41) is 14.5. The van der Waals surface area contributed by atoms with Crippen molar-refractivity contribution in [1.29, 1.82) is 0 Å². The number of amides is 1. The maximum atomic E-state index is 12.4. The Bertz CT molecular complexity index is 1060. The standard InChI is InChI=1S/C24H25N3O4S/c28-22(25-20-7-3-17(4-8-20)13-23(29)30)14-21-16-32-24(26-21)19-5-1-18(2-6-19)15-27-9-11-31-12-10-27/h1-8,16H,9-15H2,(H,25,28)(H,29,30). The average Bonchev–Trinajstić information content (AvgIpc) is 3.24. The van der Waals surface area contributed by atoms with Crippen molar-refractivity contribution in [2.75, 3.05) is 31.6 Å². The van der Waals surface area contributed by atoms with Crippen molar-refractivity contribution in [3.63, 3.8) is 0 Å². The molecule has 2 aromatic carbocycles. The zero-order chi connectivity index (χ0) is 22.3. The maximum Gasteiger partial charge on any atom is 0.307 e. The first kappa shape index (κ1) is 22.1. The number of carboxylic acid groups (broad SMARTS) is 1. The van der Waals surface area contributed by atoms with Gasteiger partial charge in [0.05, 0.1) is 31.7 Å². The van der Waals surface area contributed by atoms with Crippen molar-refractivity contribution >= 4 is 28.9 Å². The van der Waals surface area contributed by atoms with E-state index >= 15 is 0 Å². The lowest BCUT2D eigenvalue weighted by Gasteiger charge is -2.26. The normalized spacial score (nSPS) is 14.2. The van der Waals surface area contributed by atoms with E-state index in [0.717, 1.165) is 49.1 Å². The first-order chi connectivity index (χ1) is 15.5. The van der Waals surface area contributed by atoms with E-state index < -0.39 is 5.97 Å². The Kier molecular flexibility index (Phi) is 7.26. The Labute approximate surface area is 190 Å². The summed E-state index contributed by atoms with van der Waals surface area (Å²) in [6.07, 6.45) is 0.145. The fraction of sp³-hybridized carbons (Fsp3) is 0.292. The van der Waals surface area contributed by atoms with E-state index in [-0.39, 0.29) is 18.7 Å². The minimum atomic E-state index is -0.882. The Balaban J connectivity index is 1.31. The van der Waals surface area contributed by atoms with E-state index in [4.69, 9.17) is 9.84 Å². The van der Waals surface area contributed by atoms with Crippen LogP contribution in [0.2, 0.25) is 0 Å². The average molecular weight is 452 g/mol. The van der Waals surface area contributed by atoms with Gasteiger partial charge < -0.3 is 15.2 Å². The zero-order valence-corrected chi connectivity index (χ0v) is 18.4. The molecule has 1 aliphatic heterocycles. The first-order valence-electron chi connectivity index (χ1n) is 10.5. The number of nitrogens with zero attached hydrogens (tertiary/aromatic N) is 2. The van der Waals surface area contributed by atoms with Crippen LogP contribution in [-0.2, 0) is 33.7 Å². The molecule has 0 radical (unpaired) electrons. The molecule has 8 heteroatoms. The molecule has 1 amide bonds. The molecule has 32 heavy (non-hydrogen) atoms. The Morgan fingerprint density at radius 2 is 1.69 bits per heavy atom. The van der Waals surface area contributed by atoms with Crippen LogP contribution < -0.4 is 5.32 Å². The first-order valence-corrected chi connectivity index (χ1v) is 11.4. The van der Waals surface area contributed by atoms with Gasteiger partial charge in [0.25, 0.3) is 0 Å². The zero-order valence-electron chi connectivity index (χ0n) is 17.6. The molecule has 1 fully saturated rings. The molecule has 1 saturated heterocycles. The topological polar surface area (TPSA) is 91.8 Å². The number of aliphatic carboxylic acids is 1. The van der Waals surface area contributed by atoms with Crippen LogP contribution in [0.15, 0.2) is 53.9 Å². The highest BCUT2D eigenvalue weighted by Gasteiger charge is 2.12. The van der Waals surface area contributed by atoms with E-state index in [1.165, 1.54) is 16.9 Å². The molecule has 7 nitrogen and oxygen atoms in total. The van der Waals surface area contributed by atoms with Gasteiger partial charge in [-0.25, -0.2) is 4.98 Å². The molecule has 0 unspecified atom stereocenters. The quantitative estimate of drug-likeness (QED) is 0.545. The molecule has 0 atom stereocenters. The van der Waals surface area contributed by atoms with Crippen molar-refractivity contribution in [2.24, 2.45) is 0 Å². The highest BCUT2D eigenvalue weighted by atomic mass is 32.1. The monoisotopic (exact) mass is 451 g/mol. The van der Waals surface area contributed by atoms with Gasteiger partial charge in [0, 0.05) is 36.3 Å². The number of carbonyl (C=O) groups excluding carboxylic acids is 1. The highest BCUT2D eigenvalue weighted by Crippen LogP contribution is 2.25. The summed E-state index contributed by atoms with van der Waals surface area (Å²) < 4.78 is 5.40. The number of aromatic nitrogens is 1. The predicted octanol–water partition coefficient (Wildman–Crippen LogP) is 3.45. The number of carbonyl (C=O) groups is 2. The van der Waals surface area contributed by atoms with E-state index in [1.54, 1.807) is 24.3 Å². The minimum absolute atomic E-state index is 0.0377. The van der Waals surface area contributed by atoms with E-state index in [1.807, 2.05) is 5.38 Å². The smallest absolute Gasteiger partial charge is 0.307 e. The number of hydrogen-bond donors (Lipinski definition) is 2. The third-order valence-corrected chi connectivity index (χ3v) is 6.14. The van der Waals surface area contributed by atoms with Crippen LogP contribution in [-0.4, -0.2) is 53.2 Å². The van der Waals surface area contributed by atoms with Crippen LogP contribution in [0.3, 0.4) is 0 Å². The molecule has 1 aliphatic rings. The van der Waals surface area contributed by atoms with Gasteiger partial charge in [-0.05, 0) is 23.3 Å². The lowest BCUT2D eigenvalue weighted by molar-refractivity contribution is -0.136. The number of hydrogen-bond acceptors (Lipinski definition) is 6. The molecule has 0 bridgehead atoms. The molecule has 0 aliphatic carbocycles. The molecule has 2 heterocycles. The molecule has 166 valence electrons. The highest BCUT2D eigenvalue weighted by molar-refractivity contribution is 7.13. The van der Waals surface area contributed by atoms with Gasteiger partial charge in [-0.1, -0.05) is 36.4 Å². The van der Waals surface area contributed by atoms with Crippen LogP contribution in [0.25, 0.3) is 10.6 Å². The lowest BCUT2D eigenvalue weighted by Crippen LogP contribution is -2.35. The van der Waals surface area contributed by atoms with Gasteiger partial charge in [-0.3, -0.25) is 14.5 Å². The maximum absolute atomic E-state index is 12.4. The van der Waals surface area contributed by atoms with Gasteiger partial charge in [0.2, 0.25) is 5.91 Å². The molecular formula is C24H25N3O4S. The van der Waals surface area contributed by atoms with Crippen molar-refractivity contribution in [2.45, 2.75) is 19.4 Å². The summed E-state index contributed by atoms with van der Waals surface area (Å²) in [6, 6.07) is 15.2. The van der Waals surface area contributed by atoms with E-state index in [0.29, 0.717) is 11.3 Å². The van der Waals surface area contributed by atoms with E-state index in [9.17, 15) is 9.59 Å². The van der Waals surface area contributed by atoms with Gasteiger partial charge in [-0.2, -0.15) is 0 Å². The second kappa shape index (κ2) is 10.5. The molecule has 0 saturated carbocycles. The minimum Gasteiger partial charge on any atom is -0.481 e. The third kappa shape index (κ3) is 6.23. The van der Waals surface area contributed by atoms with Gasteiger partial charge in [-0.15, -0.1) is 11.3 Å². The SMILES string of the molecule is O=C(O)Cc1ccc(NC(=O)Cc2csc(-c3ccc(CN4CCOCC4)cc3)n2)cc1. The number of morpholine rings is 1. The van der Waals surface area contributed by atoms with Crippen LogP contribution in [0.1, 0.15) is 16.8 Å². The van der Waals surface area contributed by atoms with Crippen molar-refractivity contribution in [3.05, 3.63) is 70.7 Å². The third-order valence-electron chi connectivity index (χ3n) is 5.20. The Hall–Kier alpha value is -3.07. The molecular weight excluding hydrogens is 426 g/mol. The van der Waals surface area contributed by atoms with Crippen molar-refractivity contribution < 1.29 is 19.4 Å². The second-order valence-corrected chi connectivity index (χ2v) is 8.58. The number of rotatable bonds is 8. The van der Waals surface area contributed by atoms with Crippen molar-refractivity contribution in [3.8, 4) is 10.6 Å². The number of anilines is 1.